The van der Waals surface area contributed by atoms with Crippen molar-refractivity contribution in [3.63, 3.8) is 0 Å². The molecule has 0 spiro atoms. The van der Waals surface area contributed by atoms with Crippen molar-refractivity contribution in [3.8, 4) is 11.5 Å². The van der Waals surface area contributed by atoms with Crippen LogP contribution in [0.3, 0.4) is 0 Å². The fourth-order valence-electron chi connectivity index (χ4n) is 3.80. The van der Waals surface area contributed by atoms with Crippen LogP contribution in [0.5, 0.6) is 11.5 Å². The molecule has 2 fully saturated rings. The molecule has 7 heteroatoms. The maximum absolute atomic E-state index is 12.7. The summed E-state index contributed by atoms with van der Waals surface area (Å²) in [6, 6.07) is 14.0. The molecule has 5 rings (SSSR count). The number of carbonyl (C=O) groups is 1. The lowest BCUT2D eigenvalue weighted by Gasteiger charge is -2.28. The Balaban J connectivity index is 1.34. The monoisotopic (exact) mass is 421 g/mol. The van der Waals surface area contributed by atoms with Gasteiger partial charge >= 0.3 is 0 Å². The van der Waals surface area contributed by atoms with Crippen LogP contribution in [0.25, 0.3) is 6.08 Å². The number of hydrogen-bond donors (Lipinski definition) is 0. The zero-order valence-electron chi connectivity index (χ0n) is 16.8. The van der Waals surface area contributed by atoms with E-state index in [0.717, 1.165) is 30.1 Å². The van der Waals surface area contributed by atoms with Gasteiger partial charge in [0.05, 0.1) is 10.6 Å². The summed E-state index contributed by atoms with van der Waals surface area (Å²) in [5.74, 6) is 1.36. The number of anilines is 1. The van der Waals surface area contributed by atoms with Crippen LogP contribution in [0.2, 0.25) is 0 Å². The van der Waals surface area contributed by atoms with Gasteiger partial charge in [-0.1, -0.05) is 12.1 Å². The third kappa shape index (κ3) is 3.77. The fourth-order valence-corrected chi connectivity index (χ4v) is 4.79. The summed E-state index contributed by atoms with van der Waals surface area (Å²) in [5, 5.41) is 0.648. The van der Waals surface area contributed by atoms with Gasteiger partial charge in [-0.15, -0.1) is 0 Å². The molecule has 0 radical (unpaired) electrons. The quantitative estimate of drug-likeness (QED) is 0.676. The van der Waals surface area contributed by atoms with E-state index in [9.17, 15) is 4.79 Å². The number of benzene rings is 2. The summed E-state index contributed by atoms with van der Waals surface area (Å²) in [7, 11) is 1.75. The average Bonchev–Trinajstić information content (AvgIpc) is 3.35. The second-order valence-electron chi connectivity index (χ2n) is 7.55. The Hall–Kier alpha value is -2.93. The molecule has 3 aliphatic heterocycles. The SMILES string of the molecule is CN1C(=O)/C(=C/c2ccc(N3CCCCC3)cc2)SC1=Nc1ccc2c(c1)OCO2. The first-order valence-corrected chi connectivity index (χ1v) is 11.0. The van der Waals surface area contributed by atoms with Gasteiger partial charge in [-0.3, -0.25) is 9.69 Å². The topological polar surface area (TPSA) is 54.4 Å². The molecule has 0 bridgehead atoms. The molecule has 3 heterocycles. The molecule has 0 saturated carbocycles. The first kappa shape index (κ1) is 19.1. The third-order valence-corrected chi connectivity index (χ3v) is 6.56. The molecule has 0 atom stereocenters. The van der Waals surface area contributed by atoms with E-state index in [1.807, 2.05) is 24.3 Å². The number of carbonyl (C=O) groups excluding carboxylic acids is 1. The van der Waals surface area contributed by atoms with Gasteiger partial charge in [0.2, 0.25) is 6.79 Å². The Kier molecular flexibility index (Phi) is 5.12. The number of amides is 1. The number of ether oxygens (including phenoxy) is 2. The molecule has 6 nitrogen and oxygen atoms in total. The van der Waals surface area contributed by atoms with Crippen LogP contribution in [-0.2, 0) is 4.79 Å². The number of thioether (sulfide) groups is 1. The molecule has 1 amide bonds. The van der Waals surface area contributed by atoms with E-state index in [2.05, 4.69) is 34.2 Å². The highest BCUT2D eigenvalue weighted by molar-refractivity contribution is 8.18. The predicted molar refractivity (Wildman–Crippen MR) is 121 cm³/mol. The van der Waals surface area contributed by atoms with Crippen molar-refractivity contribution in [2.24, 2.45) is 4.99 Å². The second-order valence-corrected chi connectivity index (χ2v) is 8.56. The molecule has 30 heavy (non-hydrogen) atoms. The van der Waals surface area contributed by atoms with Crippen molar-refractivity contribution in [3.05, 3.63) is 52.9 Å². The van der Waals surface area contributed by atoms with Crippen LogP contribution < -0.4 is 14.4 Å². The van der Waals surface area contributed by atoms with Crippen molar-refractivity contribution < 1.29 is 14.3 Å². The molecule has 2 aromatic rings. The lowest BCUT2D eigenvalue weighted by atomic mass is 10.1. The van der Waals surface area contributed by atoms with E-state index in [1.165, 1.54) is 36.7 Å². The molecule has 0 N–H and O–H groups in total. The van der Waals surface area contributed by atoms with Crippen molar-refractivity contribution in [1.29, 1.82) is 0 Å². The summed E-state index contributed by atoms with van der Waals surface area (Å²) >= 11 is 1.39. The number of piperidine rings is 1. The highest BCUT2D eigenvalue weighted by Crippen LogP contribution is 2.38. The number of likely N-dealkylation sites (N-methyl/N-ethyl adjacent to an activating group) is 1. The van der Waals surface area contributed by atoms with Crippen LogP contribution in [0.15, 0.2) is 52.4 Å². The van der Waals surface area contributed by atoms with E-state index >= 15 is 0 Å². The van der Waals surface area contributed by atoms with Gasteiger partial charge in [-0.05, 0) is 66.9 Å². The van der Waals surface area contributed by atoms with E-state index < -0.39 is 0 Å². The number of rotatable bonds is 3. The summed E-state index contributed by atoms with van der Waals surface area (Å²) in [4.78, 5) is 22.0. The van der Waals surface area contributed by atoms with Crippen molar-refractivity contribution in [2.45, 2.75) is 19.3 Å². The second kappa shape index (κ2) is 8.07. The van der Waals surface area contributed by atoms with Gasteiger partial charge in [0.25, 0.3) is 5.91 Å². The summed E-state index contributed by atoms with van der Waals surface area (Å²) in [6.45, 7) is 2.48. The highest BCUT2D eigenvalue weighted by Gasteiger charge is 2.30. The van der Waals surface area contributed by atoms with Crippen molar-refractivity contribution in [1.82, 2.24) is 4.90 Å². The van der Waals surface area contributed by atoms with Crippen LogP contribution in [0.4, 0.5) is 11.4 Å². The molecule has 2 saturated heterocycles. The number of nitrogens with zero attached hydrogens (tertiary/aromatic N) is 3. The minimum absolute atomic E-state index is 0.0420. The van der Waals surface area contributed by atoms with Gasteiger partial charge in [-0.25, -0.2) is 4.99 Å². The Bertz CT molecular complexity index is 1030. The molecule has 154 valence electrons. The van der Waals surface area contributed by atoms with Crippen LogP contribution >= 0.6 is 11.8 Å². The molecule has 0 aliphatic carbocycles. The van der Waals surface area contributed by atoms with Gasteiger partial charge in [-0.2, -0.15) is 0 Å². The molecule has 3 aliphatic rings. The standard InChI is InChI=1S/C23H23N3O3S/c1-25-22(27)21(13-16-5-8-18(9-6-16)26-11-3-2-4-12-26)30-23(25)24-17-7-10-19-20(14-17)29-15-28-19/h5-10,13-14H,2-4,11-12,15H2,1H3/b21-13-,24-23?. The Morgan fingerprint density at radius 3 is 2.57 bits per heavy atom. The predicted octanol–water partition coefficient (Wildman–Crippen LogP) is 4.64. The van der Waals surface area contributed by atoms with Gasteiger partial charge < -0.3 is 14.4 Å². The Labute approximate surface area is 180 Å². The maximum Gasteiger partial charge on any atom is 0.266 e. The fraction of sp³-hybridized carbons (Fsp3) is 0.304. The molecular weight excluding hydrogens is 398 g/mol. The zero-order valence-corrected chi connectivity index (χ0v) is 17.7. The first-order valence-electron chi connectivity index (χ1n) is 10.2. The molecular formula is C23H23N3O3S. The lowest BCUT2D eigenvalue weighted by molar-refractivity contribution is -0.121. The molecule has 2 aromatic carbocycles. The normalized spacial score (nSPS) is 21.2. The maximum atomic E-state index is 12.7. The summed E-state index contributed by atoms with van der Waals surface area (Å²) in [6.07, 6.45) is 5.78. The minimum atomic E-state index is -0.0420. The first-order chi connectivity index (χ1) is 14.7. The van der Waals surface area contributed by atoms with Gasteiger partial charge in [0.15, 0.2) is 16.7 Å². The highest BCUT2D eigenvalue weighted by atomic mass is 32.2. The molecule has 0 aromatic heterocycles. The van der Waals surface area contributed by atoms with E-state index in [1.54, 1.807) is 11.9 Å². The minimum Gasteiger partial charge on any atom is -0.454 e. The van der Waals surface area contributed by atoms with Crippen molar-refractivity contribution in [2.75, 3.05) is 31.8 Å². The average molecular weight is 422 g/mol. The van der Waals surface area contributed by atoms with E-state index in [-0.39, 0.29) is 12.7 Å². The summed E-state index contributed by atoms with van der Waals surface area (Å²) in [5.41, 5.74) is 3.00. The van der Waals surface area contributed by atoms with Gasteiger partial charge in [0.1, 0.15) is 0 Å². The summed E-state index contributed by atoms with van der Waals surface area (Å²) < 4.78 is 10.8. The number of hydrogen-bond acceptors (Lipinski definition) is 6. The Morgan fingerprint density at radius 1 is 1.00 bits per heavy atom. The van der Waals surface area contributed by atoms with Gasteiger partial charge in [0, 0.05) is 31.9 Å². The number of amidine groups is 1. The van der Waals surface area contributed by atoms with Crippen LogP contribution in [0, 0.1) is 0 Å². The van der Waals surface area contributed by atoms with E-state index in [4.69, 9.17) is 9.47 Å². The Morgan fingerprint density at radius 2 is 1.77 bits per heavy atom. The molecule has 0 unspecified atom stereocenters. The third-order valence-electron chi connectivity index (χ3n) is 5.50. The largest absolute Gasteiger partial charge is 0.454 e. The number of fused-ring (bicyclic) bond motifs is 1. The lowest BCUT2D eigenvalue weighted by Crippen LogP contribution is -2.29. The zero-order chi connectivity index (χ0) is 20.5. The van der Waals surface area contributed by atoms with Crippen LogP contribution in [-0.4, -0.2) is 42.9 Å². The van der Waals surface area contributed by atoms with E-state index in [0.29, 0.717) is 15.8 Å². The van der Waals surface area contributed by atoms with Crippen LogP contribution in [0.1, 0.15) is 24.8 Å². The van der Waals surface area contributed by atoms with Crippen molar-refractivity contribution >= 4 is 40.3 Å². The number of aliphatic imine (C=N–C) groups is 1. The smallest absolute Gasteiger partial charge is 0.266 e.